The summed E-state index contributed by atoms with van der Waals surface area (Å²) in [6, 6.07) is 30.5. The number of benzene rings is 3. The minimum Gasteiger partial charge on any atom is -0.340 e. The Morgan fingerprint density at radius 1 is 0.971 bits per heavy atom. The van der Waals surface area contributed by atoms with E-state index in [4.69, 9.17) is 4.98 Å². The van der Waals surface area contributed by atoms with E-state index >= 15 is 0 Å². The van der Waals surface area contributed by atoms with Crippen LogP contribution in [0.5, 0.6) is 0 Å². The van der Waals surface area contributed by atoms with Crippen molar-refractivity contribution < 1.29 is 4.79 Å². The third-order valence-corrected chi connectivity index (χ3v) is 6.75. The second kappa shape index (κ2) is 10.1. The first kappa shape index (κ1) is 22.8. The first-order valence-electron chi connectivity index (χ1n) is 12.0. The van der Waals surface area contributed by atoms with Crippen molar-refractivity contribution in [3.8, 4) is 17.2 Å². The lowest BCUT2D eigenvalue weighted by Gasteiger charge is -2.39. The molecule has 5 rings (SSSR count). The topological polar surface area (TPSA) is 60.2 Å². The second-order valence-corrected chi connectivity index (χ2v) is 9.22. The molecule has 5 nitrogen and oxygen atoms in total. The van der Waals surface area contributed by atoms with Gasteiger partial charge in [-0.15, -0.1) is 0 Å². The molecule has 0 aliphatic carbocycles. The predicted molar refractivity (Wildman–Crippen MR) is 138 cm³/mol. The molecule has 174 valence electrons. The number of pyridine rings is 1. The second-order valence-electron chi connectivity index (χ2n) is 9.22. The van der Waals surface area contributed by atoms with Crippen molar-refractivity contribution in [2.24, 2.45) is 0 Å². The number of nitriles is 1. The van der Waals surface area contributed by atoms with Gasteiger partial charge in [0.05, 0.1) is 29.3 Å². The van der Waals surface area contributed by atoms with Crippen molar-refractivity contribution in [2.75, 3.05) is 19.6 Å². The molecule has 2 heterocycles. The molecule has 1 amide bonds. The van der Waals surface area contributed by atoms with Gasteiger partial charge in [0.25, 0.3) is 0 Å². The Labute approximate surface area is 206 Å². The molecular formula is C30H28N4O. The van der Waals surface area contributed by atoms with Crippen LogP contribution in [0.15, 0.2) is 84.9 Å². The van der Waals surface area contributed by atoms with Crippen LogP contribution in [0.1, 0.15) is 23.7 Å². The van der Waals surface area contributed by atoms with Gasteiger partial charge in [-0.25, -0.2) is 0 Å². The van der Waals surface area contributed by atoms with E-state index in [-0.39, 0.29) is 11.9 Å². The Kier molecular flexibility index (Phi) is 6.56. The fraction of sp³-hybridized carbons (Fsp3) is 0.233. The molecule has 0 saturated carbocycles. The summed E-state index contributed by atoms with van der Waals surface area (Å²) in [5, 5.41) is 10.3. The van der Waals surface area contributed by atoms with Gasteiger partial charge in [-0.3, -0.25) is 14.7 Å². The van der Waals surface area contributed by atoms with Crippen molar-refractivity contribution in [3.05, 3.63) is 102 Å². The summed E-state index contributed by atoms with van der Waals surface area (Å²) in [6.07, 6.45) is 0.380. The Morgan fingerprint density at radius 2 is 1.77 bits per heavy atom. The fourth-order valence-corrected chi connectivity index (χ4v) is 4.78. The van der Waals surface area contributed by atoms with Gasteiger partial charge in [0.1, 0.15) is 0 Å². The molecule has 0 spiro atoms. The van der Waals surface area contributed by atoms with Crippen LogP contribution in [-0.4, -0.2) is 46.4 Å². The Bertz CT molecular complexity index is 1410. The molecular weight excluding hydrogens is 432 g/mol. The Morgan fingerprint density at radius 3 is 2.60 bits per heavy atom. The Balaban J connectivity index is 1.21. The summed E-state index contributed by atoms with van der Waals surface area (Å²) in [5.41, 5.74) is 5.72. The maximum Gasteiger partial charge on any atom is 0.227 e. The van der Waals surface area contributed by atoms with Crippen molar-refractivity contribution in [3.63, 3.8) is 0 Å². The highest BCUT2D eigenvalue weighted by molar-refractivity contribution is 5.80. The van der Waals surface area contributed by atoms with Gasteiger partial charge in [-0.2, -0.15) is 5.26 Å². The summed E-state index contributed by atoms with van der Waals surface area (Å²) in [5.74, 6) is 0.156. The summed E-state index contributed by atoms with van der Waals surface area (Å²) in [7, 11) is 0. The van der Waals surface area contributed by atoms with E-state index in [0.29, 0.717) is 12.0 Å². The number of aromatic nitrogens is 1. The monoisotopic (exact) mass is 460 g/mol. The number of amides is 1. The number of nitrogens with zero attached hydrogens (tertiary/aromatic N) is 4. The number of fused-ring (bicyclic) bond motifs is 1. The number of para-hydroxylation sites is 1. The van der Waals surface area contributed by atoms with Gasteiger partial charge in [0.2, 0.25) is 5.91 Å². The molecule has 3 aromatic carbocycles. The molecule has 1 saturated heterocycles. The molecule has 1 aromatic heterocycles. The van der Waals surface area contributed by atoms with Crippen molar-refractivity contribution >= 4 is 16.8 Å². The van der Waals surface area contributed by atoms with Gasteiger partial charge in [0, 0.05) is 37.6 Å². The smallest absolute Gasteiger partial charge is 0.227 e. The van der Waals surface area contributed by atoms with E-state index in [1.165, 1.54) is 0 Å². The van der Waals surface area contributed by atoms with Crippen molar-refractivity contribution in [1.82, 2.24) is 14.8 Å². The molecule has 4 aromatic rings. The lowest BCUT2D eigenvalue weighted by atomic mass is 10.00. The van der Waals surface area contributed by atoms with Crippen LogP contribution in [0.3, 0.4) is 0 Å². The fourth-order valence-electron chi connectivity index (χ4n) is 4.78. The number of piperazine rings is 1. The van der Waals surface area contributed by atoms with Crippen LogP contribution < -0.4 is 0 Å². The summed E-state index contributed by atoms with van der Waals surface area (Å²) in [6.45, 7) is 5.25. The number of hydrogen-bond donors (Lipinski definition) is 0. The molecule has 35 heavy (non-hydrogen) atoms. The number of carbonyl (C=O) groups is 1. The lowest BCUT2D eigenvalue weighted by Crippen LogP contribution is -2.53. The maximum atomic E-state index is 13.1. The molecule has 1 fully saturated rings. The summed E-state index contributed by atoms with van der Waals surface area (Å²) < 4.78 is 0. The maximum absolute atomic E-state index is 13.1. The molecule has 0 unspecified atom stereocenters. The van der Waals surface area contributed by atoms with Crippen molar-refractivity contribution in [2.45, 2.75) is 25.9 Å². The number of hydrogen-bond acceptors (Lipinski definition) is 4. The molecule has 1 aliphatic heterocycles. The highest BCUT2D eigenvalue weighted by Gasteiger charge is 2.27. The van der Waals surface area contributed by atoms with Gasteiger partial charge in [-0.1, -0.05) is 60.7 Å². The zero-order valence-electron chi connectivity index (χ0n) is 19.9. The molecule has 0 radical (unpaired) electrons. The van der Waals surface area contributed by atoms with E-state index in [1.807, 2.05) is 59.5 Å². The highest BCUT2D eigenvalue weighted by Crippen LogP contribution is 2.23. The zero-order valence-corrected chi connectivity index (χ0v) is 19.9. The predicted octanol–water partition coefficient (Wildman–Crippen LogP) is 5.05. The summed E-state index contributed by atoms with van der Waals surface area (Å²) in [4.78, 5) is 22.3. The van der Waals surface area contributed by atoms with E-state index < -0.39 is 0 Å². The first-order valence-corrected chi connectivity index (χ1v) is 12.0. The van der Waals surface area contributed by atoms with Crippen molar-refractivity contribution in [1.29, 1.82) is 5.26 Å². The van der Waals surface area contributed by atoms with Gasteiger partial charge >= 0.3 is 0 Å². The van der Waals surface area contributed by atoms with Crippen LogP contribution in [-0.2, 0) is 17.8 Å². The Hall–Kier alpha value is -4.01. The highest BCUT2D eigenvalue weighted by atomic mass is 16.2. The molecule has 5 heteroatoms. The van der Waals surface area contributed by atoms with Gasteiger partial charge in [0.15, 0.2) is 0 Å². The average molecular weight is 461 g/mol. The molecule has 0 bridgehead atoms. The third kappa shape index (κ3) is 5.24. The average Bonchev–Trinajstić information content (AvgIpc) is 2.90. The van der Waals surface area contributed by atoms with Crippen LogP contribution in [0, 0.1) is 11.3 Å². The zero-order chi connectivity index (χ0) is 24.2. The van der Waals surface area contributed by atoms with Crippen LogP contribution in [0.25, 0.3) is 22.0 Å². The third-order valence-electron chi connectivity index (χ3n) is 6.75. The van der Waals surface area contributed by atoms with Gasteiger partial charge in [-0.05, 0) is 47.9 Å². The molecule has 0 N–H and O–H groups in total. The molecule has 1 aliphatic rings. The molecule has 1 atom stereocenters. The first-order chi connectivity index (χ1) is 17.1. The van der Waals surface area contributed by atoms with E-state index in [1.54, 1.807) is 6.07 Å². The van der Waals surface area contributed by atoms with Crippen LogP contribution in [0.4, 0.5) is 0 Å². The SMILES string of the molecule is C[C@H]1CN(C(=O)Cc2cccc(-c3cccc(C#N)c3)c2)CCN1Cc1ccc2ccccc2n1. The van der Waals surface area contributed by atoms with Crippen LogP contribution >= 0.6 is 0 Å². The van der Waals surface area contributed by atoms with Crippen LogP contribution in [0.2, 0.25) is 0 Å². The number of carbonyl (C=O) groups excluding carboxylic acids is 1. The minimum atomic E-state index is 0.156. The van der Waals surface area contributed by atoms with E-state index in [0.717, 1.165) is 59.5 Å². The minimum absolute atomic E-state index is 0.156. The quantitative estimate of drug-likeness (QED) is 0.418. The van der Waals surface area contributed by atoms with Gasteiger partial charge < -0.3 is 4.90 Å². The normalized spacial score (nSPS) is 16.2. The lowest BCUT2D eigenvalue weighted by molar-refractivity contribution is -0.133. The largest absolute Gasteiger partial charge is 0.340 e. The summed E-state index contributed by atoms with van der Waals surface area (Å²) >= 11 is 0. The van der Waals surface area contributed by atoms with E-state index in [2.05, 4.69) is 42.2 Å². The number of rotatable bonds is 5. The van der Waals surface area contributed by atoms with E-state index in [9.17, 15) is 10.1 Å². The standard InChI is InChI=1S/C30H28N4O/c1-22-20-34(15-14-33(22)21-28-13-12-25-8-2-3-11-29(25)32-28)30(35)18-23-6-4-9-26(16-23)27-10-5-7-24(17-27)19-31/h2-13,16-17,22H,14-15,18,20-21H2,1H3/t22-/m0/s1.